The molecule has 2 rings (SSSR count). The highest BCUT2D eigenvalue weighted by molar-refractivity contribution is 7.07. The van der Waals surface area contributed by atoms with Gasteiger partial charge >= 0.3 is 0 Å². The first-order valence-electron chi connectivity index (χ1n) is 16.1. The minimum Gasteiger partial charge on any atom is -0.381 e. The highest BCUT2D eigenvalue weighted by atomic mass is 32.1. The standard InChI is InChI=1S/C32H60NO3S/c1-2-3-4-5-6-7-8-9-10-11-12-13-14-15-16-19-24-35-29-32-26-31(28-36-32)27-34-23-20-17-18-21-33-22-25-37-30-33/h22,25,30-32H,2-21,23-24,26-29H2,1H3/q+1/t31-,32-/m0/s1. The fourth-order valence-electron chi connectivity index (χ4n) is 5.29. The topological polar surface area (TPSA) is 31.6 Å². The van der Waals surface area contributed by atoms with Gasteiger partial charge in [0.1, 0.15) is 6.54 Å². The molecule has 2 heterocycles. The molecule has 4 nitrogen and oxygen atoms in total. The van der Waals surface area contributed by atoms with E-state index in [0.29, 0.717) is 5.92 Å². The molecular weight excluding hydrogens is 478 g/mol. The molecule has 216 valence electrons. The van der Waals surface area contributed by atoms with E-state index in [-0.39, 0.29) is 6.10 Å². The predicted molar refractivity (Wildman–Crippen MR) is 157 cm³/mol. The molecule has 0 aromatic carbocycles. The smallest absolute Gasteiger partial charge is 0.224 e. The van der Waals surface area contributed by atoms with Gasteiger partial charge in [0.25, 0.3) is 0 Å². The SMILES string of the molecule is CCCCCCCCCCCCCCCCCCOC[C@@H]1C[C@@H](COCCCCC[n+]2ccsc2)CO1. The van der Waals surface area contributed by atoms with Gasteiger partial charge in [-0.05, 0) is 25.7 Å². The van der Waals surface area contributed by atoms with Crippen molar-refractivity contribution in [2.45, 2.75) is 148 Å². The van der Waals surface area contributed by atoms with Gasteiger partial charge in [-0.25, -0.2) is 0 Å². The lowest BCUT2D eigenvalue weighted by Crippen LogP contribution is -2.29. The fourth-order valence-corrected chi connectivity index (χ4v) is 5.92. The number of aromatic nitrogens is 1. The maximum absolute atomic E-state index is 5.93. The summed E-state index contributed by atoms with van der Waals surface area (Å²) >= 11 is 1.76. The second-order valence-corrected chi connectivity index (χ2v) is 12.1. The van der Waals surface area contributed by atoms with Crippen molar-refractivity contribution in [3.8, 4) is 0 Å². The summed E-state index contributed by atoms with van der Waals surface area (Å²) in [5.74, 6) is 0.547. The molecular formula is C32H60NO3S+. The van der Waals surface area contributed by atoms with Crippen LogP contribution in [0.1, 0.15) is 135 Å². The van der Waals surface area contributed by atoms with E-state index in [1.165, 1.54) is 116 Å². The van der Waals surface area contributed by atoms with E-state index in [4.69, 9.17) is 14.2 Å². The fraction of sp³-hybridized carbons (Fsp3) is 0.906. The first kappa shape index (κ1) is 32.7. The van der Waals surface area contributed by atoms with E-state index < -0.39 is 0 Å². The van der Waals surface area contributed by atoms with Gasteiger partial charge in [-0.3, -0.25) is 0 Å². The average Bonchev–Trinajstić information content (AvgIpc) is 3.60. The van der Waals surface area contributed by atoms with E-state index in [1.54, 1.807) is 11.3 Å². The third kappa shape index (κ3) is 19.3. The molecule has 0 aliphatic carbocycles. The number of aryl methyl sites for hydroxylation is 1. The molecule has 1 aromatic heterocycles. The van der Waals surface area contributed by atoms with Crippen molar-refractivity contribution in [3.63, 3.8) is 0 Å². The summed E-state index contributed by atoms with van der Waals surface area (Å²) in [6, 6.07) is 0. The molecule has 5 heteroatoms. The van der Waals surface area contributed by atoms with Crippen molar-refractivity contribution >= 4 is 11.3 Å². The van der Waals surface area contributed by atoms with Crippen LogP contribution in [0.3, 0.4) is 0 Å². The van der Waals surface area contributed by atoms with E-state index in [0.717, 1.165) is 52.4 Å². The molecule has 0 spiro atoms. The highest BCUT2D eigenvalue weighted by Gasteiger charge is 2.25. The van der Waals surface area contributed by atoms with Crippen LogP contribution < -0.4 is 4.57 Å². The molecule has 2 atom stereocenters. The summed E-state index contributed by atoms with van der Waals surface area (Å²) in [6.07, 6.45) is 29.7. The highest BCUT2D eigenvalue weighted by Crippen LogP contribution is 2.20. The Morgan fingerprint density at radius 2 is 1.24 bits per heavy atom. The number of hydrogen-bond acceptors (Lipinski definition) is 4. The van der Waals surface area contributed by atoms with Crippen LogP contribution in [0.5, 0.6) is 0 Å². The normalized spacial score (nSPS) is 17.6. The Hall–Kier alpha value is -0.490. The predicted octanol–water partition coefficient (Wildman–Crippen LogP) is 8.91. The third-order valence-corrected chi connectivity index (χ3v) is 8.37. The lowest BCUT2D eigenvalue weighted by molar-refractivity contribution is -0.692. The molecule has 1 fully saturated rings. The number of rotatable bonds is 27. The number of ether oxygens (including phenoxy) is 3. The van der Waals surface area contributed by atoms with Gasteiger partial charge in [0, 0.05) is 25.6 Å². The van der Waals surface area contributed by atoms with Crippen molar-refractivity contribution in [2.24, 2.45) is 5.92 Å². The lowest BCUT2D eigenvalue weighted by Gasteiger charge is -2.11. The monoisotopic (exact) mass is 538 g/mol. The first-order chi connectivity index (χ1) is 18.4. The van der Waals surface area contributed by atoms with Crippen LogP contribution in [0.25, 0.3) is 0 Å². The molecule has 1 saturated heterocycles. The van der Waals surface area contributed by atoms with Crippen LogP contribution in [-0.4, -0.2) is 39.1 Å². The van der Waals surface area contributed by atoms with Crippen molar-refractivity contribution in [1.29, 1.82) is 0 Å². The molecule has 0 unspecified atom stereocenters. The van der Waals surface area contributed by atoms with Crippen LogP contribution >= 0.6 is 11.3 Å². The minimum absolute atomic E-state index is 0.275. The molecule has 37 heavy (non-hydrogen) atoms. The van der Waals surface area contributed by atoms with E-state index in [9.17, 15) is 0 Å². The zero-order valence-electron chi connectivity index (χ0n) is 24.4. The van der Waals surface area contributed by atoms with E-state index >= 15 is 0 Å². The van der Waals surface area contributed by atoms with Gasteiger partial charge in [-0.2, -0.15) is 4.57 Å². The molecule has 0 radical (unpaired) electrons. The zero-order chi connectivity index (χ0) is 26.1. The van der Waals surface area contributed by atoms with Crippen molar-refractivity contribution in [3.05, 3.63) is 17.1 Å². The second-order valence-electron chi connectivity index (χ2n) is 11.3. The first-order valence-corrected chi connectivity index (χ1v) is 17.0. The van der Waals surface area contributed by atoms with Crippen LogP contribution in [0.15, 0.2) is 17.1 Å². The maximum atomic E-state index is 5.93. The van der Waals surface area contributed by atoms with E-state index in [1.807, 2.05) is 0 Å². The second kappa shape index (κ2) is 24.5. The Labute approximate surface area is 233 Å². The van der Waals surface area contributed by atoms with Crippen LogP contribution in [-0.2, 0) is 20.8 Å². The number of unbranched alkanes of at least 4 members (excludes halogenated alkanes) is 17. The minimum atomic E-state index is 0.275. The maximum Gasteiger partial charge on any atom is 0.224 e. The van der Waals surface area contributed by atoms with Gasteiger partial charge in [0.2, 0.25) is 5.51 Å². The summed E-state index contributed by atoms with van der Waals surface area (Å²) in [4.78, 5) is 0. The summed E-state index contributed by atoms with van der Waals surface area (Å²) in [6.45, 7) is 7.63. The van der Waals surface area contributed by atoms with Crippen molar-refractivity contribution in [1.82, 2.24) is 0 Å². The van der Waals surface area contributed by atoms with Crippen molar-refractivity contribution < 1.29 is 18.8 Å². The molecule has 0 amide bonds. The molecule has 1 aliphatic rings. The summed E-state index contributed by atoms with van der Waals surface area (Å²) < 4.78 is 20.0. The zero-order valence-corrected chi connectivity index (χ0v) is 25.2. The van der Waals surface area contributed by atoms with Crippen LogP contribution in [0, 0.1) is 5.92 Å². The summed E-state index contributed by atoms with van der Waals surface area (Å²) in [5.41, 5.74) is 2.18. The summed E-state index contributed by atoms with van der Waals surface area (Å²) in [5, 5.41) is 2.13. The van der Waals surface area contributed by atoms with E-state index in [2.05, 4.69) is 28.6 Å². The Morgan fingerprint density at radius 1 is 0.703 bits per heavy atom. The largest absolute Gasteiger partial charge is 0.381 e. The number of hydrogen-bond donors (Lipinski definition) is 0. The van der Waals surface area contributed by atoms with Gasteiger partial charge in [-0.1, -0.05) is 115 Å². The lowest BCUT2D eigenvalue weighted by atomic mass is 10.0. The van der Waals surface area contributed by atoms with Gasteiger partial charge < -0.3 is 14.2 Å². The molecule has 0 bridgehead atoms. The molecule has 0 saturated carbocycles. The Bertz CT molecular complexity index is 583. The Balaban J connectivity index is 1.23. The van der Waals surface area contributed by atoms with Crippen LogP contribution in [0.2, 0.25) is 0 Å². The Morgan fingerprint density at radius 3 is 1.81 bits per heavy atom. The van der Waals surface area contributed by atoms with Crippen molar-refractivity contribution in [2.75, 3.05) is 33.0 Å². The van der Waals surface area contributed by atoms with Gasteiger partial charge in [-0.15, -0.1) is 0 Å². The quantitative estimate of drug-likeness (QED) is 0.0827. The summed E-state index contributed by atoms with van der Waals surface area (Å²) in [7, 11) is 0. The van der Waals surface area contributed by atoms with Gasteiger partial charge in [0.15, 0.2) is 6.20 Å². The molecule has 1 aromatic rings. The molecule has 1 aliphatic heterocycles. The number of thiazole rings is 1. The van der Waals surface area contributed by atoms with Crippen LogP contribution in [0.4, 0.5) is 0 Å². The Kier molecular flexibility index (Phi) is 21.7. The third-order valence-electron chi connectivity index (χ3n) is 7.70. The number of nitrogens with zero attached hydrogens (tertiary/aromatic N) is 1. The molecule has 0 N–H and O–H groups in total. The average molecular weight is 539 g/mol. The van der Waals surface area contributed by atoms with Gasteiger partial charge in [0.05, 0.1) is 31.3 Å².